The molecule has 3 aromatic rings. The summed E-state index contributed by atoms with van der Waals surface area (Å²) in [6.45, 7) is 2.57. The van der Waals surface area contributed by atoms with Crippen molar-refractivity contribution in [2.75, 3.05) is 18.9 Å². The molecule has 3 rings (SSSR count). The molecule has 0 aliphatic carbocycles. The average molecular weight is 349 g/mol. The predicted molar refractivity (Wildman–Crippen MR) is 103 cm³/mol. The average Bonchev–Trinajstić information content (AvgIpc) is 3.17. The second-order valence-electron chi connectivity index (χ2n) is 5.96. The number of carbonyl (C=O) groups excluding carboxylic acids is 1. The third kappa shape index (κ3) is 4.08. The highest BCUT2D eigenvalue weighted by Crippen LogP contribution is 2.22. The van der Waals surface area contributed by atoms with E-state index in [1.54, 1.807) is 4.68 Å². The van der Waals surface area contributed by atoms with Crippen LogP contribution in [0.2, 0.25) is 0 Å². The Balaban J connectivity index is 1.84. The smallest absolute Gasteiger partial charge is 0.220 e. The van der Waals surface area contributed by atoms with Crippen molar-refractivity contribution in [1.82, 2.24) is 20.3 Å². The molecule has 0 unspecified atom stereocenters. The first-order valence-electron chi connectivity index (χ1n) is 8.76. The summed E-state index contributed by atoms with van der Waals surface area (Å²) >= 11 is 0. The number of aromatic nitrogens is 3. The molecule has 0 atom stereocenters. The Morgan fingerprint density at radius 1 is 1.15 bits per heavy atom. The van der Waals surface area contributed by atoms with E-state index in [2.05, 4.69) is 20.9 Å². The van der Waals surface area contributed by atoms with Gasteiger partial charge in [-0.1, -0.05) is 35.5 Å². The lowest BCUT2D eigenvalue weighted by Gasteiger charge is -2.08. The third-order valence-electron chi connectivity index (χ3n) is 4.17. The maximum Gasteiger partial charge on any atom is 0.220 e. The largest absolute Gasteiger partial charge is 0.388 e. The van der Waals surface area contributed by atoms with Gasteiger partial charge in [0.15, 0.2) is 0 Å². The molecule has 1 heterocycles. The Morgan fingerprint density at radius 3 is 2.81 bits per heavy atom. The minimum absolute atomic E-state index is 0.0606. The monoisotopic (exact) mass is 349 g/mol. The number of nitrogens with one attached hydrogen (secondary N) is 2. The van der Waals surface area contributed by atoms with Crippen LogP contribution in [0.4, 0.5) is 5.69 Å². The van der Waals surface area contributed by atoms with Gasteiger partial charge in [0.1, 0.15) is 5.69 Å². The lowest BCUT2D eigenvalue weighted by Crippen LogP contribution is -2.22. The van der Waals surface area contributed by atoms with Crippen molar-refractivity contribution in [3.8, 4) is 16.9 Å². The van der Waals surface area contributed by atoms with Gasteiger partial charge in [0.05, 0.1) is 11.9 Å². The summed E-state index contributed by atoms with van der Waals surface area (Å²) in [5.41, 5.74) is 4.85. The number of hydrogen-bond donors (Lipinski definition) is 2. The number of anilines is 1. The molecule has 6 nitrogen and oxygen atoms in total. The zero-order valence-electron chi connectivity index (χ0n) is 15.1. The van der Waals surface area contributed by atoms with Gasteiger partial charge in [0, 0.05) is 31.3 Å². The summed E-state index contributed by atoms with van der Waals surface area (Å²) in [7, 11) is 1.89. The van der Waals surface area contributed by atoms with Gasteiger partial charge in [0.2, 0.25) is 5.91 Å². The van der Waals surface area contributed by atoms with E-state index < -0.39 is 0 Å². The van der Waals surface area contributed by atoms with Gasteiger partial charge in [-0.3, -0.25) is 4.79 Å². The van der Waals surface area contributed by atoms with Crippen molar-refractivity contribution >= 4 is 11.6 Å². The molecule has 0 saturated heterocycles. The van der Waals surface area contributed by atoms with E-state index in [4.69, 9.17) is 0 Å². The molecule has 134 valence electrons. The Labute approximate surface area is 153 Å². The standard InChI is InChI=1S/C20H23N5O/c1-3-22-20(26)12-11-15-7-4-5-10-19(15)25-14-18(23-24-25)16-8-6-9-17(13-16)21-2/h4-10,13-14,21H,3,11-12H2,1-2H3,(H,22,26). The van der Waals surface area contributed by atoms with Crippen LogP contribution in [0.1, 0.15) is 18.9 Å². The molecular formula is C20H23N5O. The Hall–Kier alpha value is -3.15. The van der Waals surface area contributed by atoms with Crippen LogP contribution >= 0.6 is 0 Å². The van der Waals surface area contributed by atoms with Crippen LogP contribution < -0.4 is 10.6 Å². The van der Waals surface area contributed by atoms with Crippen molar-refractivity contribution in [2.24, 2.45) is 0 Å². The van der Waals surface area contributed by atoms with Gasteiger partial charge in [0.25, 0.3) is 0 Å². The van der Waals surface area contributed by atoms with E-state index in [0.29, 0.717) is 19.4 Å². The summed E-state index contributed by atoms with van der Waals surface area (Å²) in [5.74, 6) is 0.0606. The van der Waals surface area contributed by atoms with Gasteiger partial charge < -0.3 is 10.6 Å². The van der Waals surface area contributed by atoms with Crippen molar-refractivity contribution in [3.05, 3.63) is 60.3 Å². The van der Waals surface area contributed by atoms with Crippen LogP contribution in [0.5, 0.6) is 0 Å². The van der Waals surface area contributed by atoms with Crippen LogP contribution in [0.25, 0.3) is 16.9 Å². The number of carbonyl (C=O) groups is 1. The molecule has 6 heteroatoms. The SMILES string of the molecule is CCNC(=O)CCc1ccccc1-n1cc(-c2cccc(NC)c2)nn1. The Bertz CT molecular complexity index is 887. The molecule has 0 fully saturated rings. The fourth-order valence-electron chi connectivity index (χ4n) is 2.83. The number of para-hydroxylation sites is 1. The second-order valence-corrected chi connectivity index (χ2v) is 5.96. The van der Waals surface area contributed by atoms with Gasteiger partial charge in [-0.25, -0.2) is 4.68 Å². The molecular weight excluding hydrogens is 326 g/mol. The van der Waals surface area contributed by atoms with Crippen molar-refractivity contribution < 1.29 is 4.79 Å². The van der Waals surface area contributed by atoms with Gasteiger partial charge in [-0.05, 0) is 37.1 Å². The summed E-state index contributed by atoms with van der Waals surface area (Å²) < 4.78 is 1.77. The lowest BCUT2D eigenvalue weighted by atomic mass is 10.1. The van der Waals surface area contributed by atoms with E-state index in [-0.39, 0.29) is 5.91 Å². The predicted octanol–water partition coefficient (Wildman–Crippen LogP) is 3.04. The first-order chi connectivity index (χ1) is 12.7. The topological polar surface area (TPSA) is 71.8 Å². The number of hydrogen-bond acceptors (Lipinski definition) is 4. The van der Waals surface area contributed by atoms with Gasteiger partial charge in [-0.2, -0.15) is 0 Å². The van der Waals surface area contributed by atoms with Gasteiger partial charge in [-0.15, -0.1) is 5.10 Å². The van der Waals surface area contributed by atoms with Gasteiger partial charge >= 0.3 is 0 Å². The highest BCUT2D eigenvalue weighted by molar-refractivity contribution is 5.76. The third-order valence-corrected chi connectivity index (χ3v) is 4.17. The Morgan fingerprint density at radius 2 is 2.00 bits per heavy atom. The molecule has 0 saturated carbocycles. The van der Waals surface area contributed by atoms with Crippen LogP contribution in [0, 0.1) is 0 Å². The number of rotatable bonds is 7. The minimum Gasteiger partial charge on any atom is -0.388 e. The van der Waals surface area contributed by atoms with E-state index in [0.717, 1.165) is 28.2 Å². The molecule has 0 aliphatic heterocycles. The zero-order chi connectivity index (χ0) is 18.4. The molecule has 0 bridgehead atoms. The molecule has 26 heavy (non-hydrogen) atoms. The molecule has 2 aromatic carbocycles. The maximum atomic E-state index is 11.8. The minimum atomic E-state index is 0.0606. The lowest BCUT2D eigenvalue weighted by molar-refractivity contribution is -0.120. The first-order valence-corrected chi connectivity index (χ1v) is 8.76. The summed E-state index contributed by atoms with van der Waals surface area (Å²) in [5, 5.41) is 14.6. The zero-order valence-corrected chi connectivity index (χ0v) is 15.1. The molecule has 0 aliphatic rings. The van der Waals surface area contributed by atoms with Crippen LogP contribution in [-0.4, -0.2) is 34.5 Å². The van der Waals surface area contributed by atoms with Crippen LogP contribution in [-0.2, 0) is 11.2 Å². The number of nitrogens with zero attached hydrogens (tertiary/aromatic N) is 3. The summed E-state index contributed by atoms with van der Waals surface area (Å²) in [6.07, 6.45) is 3.03. The maximum absolute atomic E-state index is 11.8. The number of amides is 1. The van der Waals surface area contributed by atoms with E-state index in [1.807, 2.05) is 68.7 Å². The number of benzene rings is 2. The van der Waals surface area contributed by atoms with E-state index in [9.17, 15) is 4.79 Å². The van der Waals surface area contributed by atoms with E-state index in [1.165, 1.54) is 0 Å². The normalized spacial score (nSPS) is 10.5. The molecule has 0 radical (unpaired) electrons. The highest BCUT2D eigenvalue weighted by atomic mass is 16.1. The quantitative estimate of drug-likeness (QED) is 0.688. The summed E-state index contributed by atoms with van der Waals surface area (Å²) in [4.78, 5) is 11.8. The molecule has 0 spiro atoms. The fraction of sp³-hybridized carbons (Fsp3) is 0.250. The second kappa shape index (κ2) is 8.29. The molecule has 1 amide bonds. The Kier molecular flexibility index (Phi) is 5.63. The first kappa shape index (κ1) is 17.7. The van der Waals surface area contributed by atoms with Crippen molar-refractivity contribution in [1.29, 1.82) is 0 Å². The van der Waals surface area contributed by atoms with E-state index >= 15 is 0 Å². The molecule has 2 N–H and O–H groups in total. The van der Waals surface area contributed by atoms with Crippen LogP contribution in [0.3, 0.4) is 0 Å². The van der Waals surface area contributed by atoms with Crippen molar-refractivity contribution in [2.45, 2.75) is 19.8 Å². The van der Waals surface area contributed by atoms with Crippen LogP contribution in [0.15, 0.2) is 54.7 Å². The summed E-state index contributed by atoms with van der Waals surface area (Å²) in [6, 6.07) is 16.0. The van der Waals surface area contributed by atoms with Crippen molar-refractivity contribution in [3.63, 3.8) is 0 Å². The molecule has 1 aromatic heterocycles. The highest BCUT2D eigenvalue weighted by Gasteiger charge is 2.10. The number of aryl methyl sites for hydroxylation is 1. The fourth-order valence-corrected chi connectivity index (χ4v) is 2.83.